The third-order valence-corrected chi connectivity index (χ3v) is 7.71. The maximum atomic E-state index is 12.8. The van der Waals surface area contributed by atoms with Crippen LogP contribution in [0.15, 0.2) is 47.6 Å². The zero-order valence-corrected chi connectivity index (χ0v) is 19.6. The molecule has 1 N–H and O–H groups in total. The highest BCUT2D eigenvalue weighted by Gasteiger charge is 2.25. The smallest absolute Gasteiger partial charge is 0.242 e. The van der Waals surface area contributed by atoms with Gasteiger partial charge in [-0.3, -0.25) is 0 Å². The first-order valence-electron chi connectivity index (χ1n) is 10.5. The molecule has 0 radical (unpaired) electrons. The van der Waals surface area contributed by atoms with Crippen molar-refractivity contribution in [2.75, 3.05) is 31.6 Å². The number of hydrogen-bond acceptors (Lipinski definition) is 7. The van der Waals surface area contributed by atoms with Crippen LogP contribution in [0, 0.1) is 0 Å². The van der Waals surface area contributed by atoms with Crippen molar-refractivity contribution >= 4 is 38.3 Å². The van der Waals surface area contributed by atoms with Crippen LogP contribution in [0.25, 0.3) is 10.9 Å². The fourth-order valence-corrected chi connectivity index (χ4v) is 5.36. The number of anilines is 1. The highest BCUT2D eigenvalue weighted by Crippen LogP contribution is 2.29. The van der Waals surface area contributed by atoms with Crippen LogP contribution >= 0.6 is 11.6 Å². The number of nitrogens with zero attached hydrogens (tertiary/aromatic N) is 5. The number of hydrogen-bond donors (Lipinski definition) is 1. The van der Waals surface area contributed by atoms with E-state index in [2.05, 4.69) is 14.9 Å². The molecule has 32 heavy (non-hydrogen) atoms. The monoisotopic (exact) mass is 475 g/mol. The molecule has 0 amide bonds. The largest absolute Gasteiger partial charge is 0.392 e. The Kier molecular flexibility index (Phi) is 6.62. The molecule has 1 aliphatic rings. The second-order valence-electron chi connectivity index (χ2n) is 8.18. The lowest BCUT2D eigenvalue weighted by molar-refractivity contribution is 0.171. The van der Waals surface area contributed by atoms with E-state index in [0.717, 1.165) is 52.8 Å². The molecule has 0 saturated carbocycles. The minimum Gasteiger partial charge on any atom is -0.392 e. The number of benzene rings is 1. The number of aliphatic hydroxyl groups is 1. The summed E-state index contributed by atoms with van der Waals surface area (Å²) in [4.78, 5) is 15.9. The molecule has 0 spiro atoms. The topological polar surface area (TPSA) is 99.5 Å². The number of aromatic nitrogens is 3. The summed E-state index contributed by atoms with van der Waals surface area (Å²) in [6, 6.07) is 8.76. The lowest BCUT2D eigenvalue weighted by Gasteiger charge is -2.32. The molecule has 2 aromatic heterocycles. The number of aliphatic hydroxyl groups excluding tert-OH is 1. The second-order valence-corrected chi connectivity index (χ2v) is 10.7. The van der Waals surface area contributed by atoms with Crippen LogP contribution in [0.5, 0.6) is 0 Å². The predicted octanol–water partition coefficient (Wildman–Crippen LogP) is 3.06. The highest BCUT2D eigenvalue weighted by molar-refractivity contribution is 7.89. The van der Waals surface area contributed by atoms with E-state index in [4.69, 9.17) is 16.6 Å². The summed E-state index contributed by atoms with van der Waals surface area (Å²) < 4.78 is 26.7. The van der Waals surface area contributed by atoms with Crippen LogP contribution in [0.1, 0.15) is 31.5 Å². The molecule has 1 fully saturated rings. The van der Waals surface area contributed by atoms with Crippen LogP contribution in [-0.2, 0) is 10.0 Å². The average Bonchev–Trinajstić information content (AvgIpc) is 2.78. The summed E-state index contributed by atoms with van der Waals surface area (Å²) in [6.07, 6.45) is 4.38. The summed E-state index contributed by atoms with van der Waals surface area (Å²) in [5, 5.41) is 10.8. The Hall–Kier alpha value is -2.33. The molecule has 10 heteroatoms. The van der Waals surface area contributed by atoms with Gasteiger partial charge in [0.25, 0.3) is 0 Å². The number of rotatable bonds is 6. The Morgan fingerprint density at radius 2 is 1.88 bits per heavy atom. The molecule has 0 aliphatic carbocycles. The molecule has 0 unspecified atom stereocenters. The van der Waals surface area contributed by atoms with Gasteiger partial charge in [0.15, 0.2) is 0 Å². The number of halogens is 1. The standard InChI is InChI=1S/C22H26ClN5O3S/c1-15(29)14-27(2)32(30,31)19-4-5-20-17(11-19)3-6-21(26-20)28-9-7-16(8-10-28)22-24-12-18(23)13-25-22/h3-6,11-13,15-16,29H,7-10,14H2,1-2H3/t15-/m0/s1. The summed E-state index contributed by atoms with van der Waals surface area (Å²) >= 11 is 5.88. The first-order valence-corrected chi connectivity index (χ1v) is 12.3. The van der Waals surface area contributed by atoms with Gasteiger partial charge in [-0.15, -0.1) is 0 Å². The van der Waals surface area contributed by atoms with Crippen molar-refractivity contribution in [2.45, 2.75) is 36.7 Å². The number of pyridine rings is 1. The van der Waals surface area contributed by atoms with Gasteiger partial charge in [-0.2, -0.15) is 4.31 Å². The molecule has 1 saturated heterocycles. The lowest BCUT2D eigenvalue weighted by Crippen LogP contribution is -2.34. The van der Waals surface area contributed by atoms with Crippen molar-refractivity contribution < 1.29 is 13.5 Å². The molecule has 170 valence electrons. The van der Waals surface area contributed by atoms with Crippen LogP contribution in [0.4, 0.5) is 5.82 Å². The third kappa shape index (κ3) is 4.85. The Bertz CT molecular complexity index is 1200. The molecular formula is C22H26ClN5O3S. The number of fused-ring (bicyclic) bond motifs is 1. The normalized spacial score (nSPS) is 16.6. The van der Waals surface area contributed by atoms with Gasteiger partial charge in [0.05, 0.1) is 21.5 Å². The Morgan fingerprint density at radius 3 is 2.53 bits per heavy atom. The molecule has 8 nitrogen and oxygen atoms in total. The van der Waals surface area contributed by atoms with Crippen LogP contribution in [-0.4, -0.2) is 65.6 Å². The fraction of sp³-hybridized carbons (Fsp3) is 0.409. The van der Waals surface area contributed by atoms with Gasteiger partial charge in [-0.1, -0.05) is 11.6 Å². The Morgan fingerprint density at radius 1 is 1.19 bits per heavy atom. The van der Waals surface area contributed by atoms with E-state index in [1.165, 1.54) is 7.05 Å². The molecule has 3 heterocycles. The van der Waals surface area contributed by atoms with E-state index < -0.39 is 16.1 Å². The van der Waals surface area contributed by atoms with E-state index in [1.807, 2.05) is 12.1 Å². The molecular weight excluding hydrogens is 450 g/mol. The molecule has 1 atom stereocenters. The third-order valence-electron chi connectivity index (χ3n) is 5.70. The Balaban J connectivity index is 1.49. The van der Waals surface area contributed by atoms with E-state index in [1.54, 1.807) is 37.5 Å². The zero-order chi connectivity index (χ0) is 22.9. The van der Waals surface area contributed by atoms with Gasteiger partial charge in [0.1, 0.15) is 11.6 Å². The first kappa shape index (κ1) is 22.8. The van der Waals surface area contributed by atoms with Crippen molar-refractivity contribution in [1.29, 1.82) is 0 Å². The minimum atomic E-state index is -3.68. The summed E-state index contributed by atoms with van der Waals surface area (Å²) in [5.41, 5.74) is 0.739. The van der Waals surface area contributed by atoms with Gasteiger partial charge in [-0.05, 0) is 50.1 Å². The van der Waals surface area contributed by atoms with Gasteiger partial charge in [-0.25, -0.2) is 23.4 Å². The number of piperidine rings is 1. The Labute approximate surface area is 192 Å². The molecule has 0 bridgehead atoms. The van der Waals surface area contributed by atoms with E-state index in [-0.39, 0.29) is 11.4 Å². The summed E-state index contributed by atoms with van der Waals surface area (Å²) in [5.74, 6) is 2.00. The van der Waals surface area contributed by atoms with E-state index in [0.29, 0.717) is 10.9 Å². The average molecular weight is 476 g/mol. The van der Waals surface area contributed by atoms with Crippen molar-refractivity contribution in [3.63, 3.8) is 0 Å². The van der Waals surface area contributed by atoms with Crippen molar-refractivity contribution in [3.8, 4) is 0 Å². The minimum absolute atomic E-state index is 0.0363. The maximum Gasteiger partial charge on any atom is 0.242 e. The van der Waals surface area contributed by atoms with E-state index in [9.17, 15) is 13.5 Å². The zero-order valence-electron chi connectivity index (χ0n) is 18.0. The van der Waals surface area contributed by atoms with Crippen molar-refractivity contribution in [1.82, 2.24) is 19.3 Å². The first-order chi connectivity index (χ1) is 15.2. The fourth-order valence-electron chi connectivity index (χ4n) is 3.98. The van der Waals surface area contributed by atoms with Crippen LogP contribution in [0.2, 0.25) is 5.02 Å². The predicted molar refractivity (Wildman–Crippen MR) is 124 cm³/mol. The van der Waals surface area contributed by atoms with Crippen LogP contribution in [0.3, 0.4) is 0 Å². The highest BCUT2D eigenvalue weighted by atomic mass is 35.5. The van der Waals surface area contributed by atoms with Gasteiger partial charge in [0, 0.05) is 50.4 Å². The van der Waals surface area contributed by atoms with Crippen molar-refractivity contribution in [2.24, 2.45) is 0 Å². The summed E-state index contributed by atoms with van der Waals surface area (Å²) in [7, 11) is -2.21. The number of likely N-dealkylation sites (N-methyl/N-ethyl adjacent to an activating group) is 1. The van der Waals surface area contributed by atoms with Gasteiger partial charge in [0.2, 0.25) is 10.0 Å². The van der Waals surface area contributed by atoms with Gasteiger partial charge < -0.3 is 10.0 Å². The second kappa shape index (κ2) is 9.27. The van der Waals surface area contributed by atoms with Gasteiger partial charge >= 0.3 is 0 Å². The molecule has 3 aromatic rings. The SMILES string of the molecule is C[C@H](O)CN(C)S(=O)(=O)c1ccc2nc(N3CCC(c4ncc(Cl)cn4)CC3)ccc2c1. The lowest BCUT2D eigenvalue weighted by atomic mass is 9.96. The maximum absolute atomic E-state index is 12.8. The number of sulfonamides is 1. The van der Waals surface area contributed by atoms with E-state index >= 15 is 0 Å². The molecule has 1 aliphatic heterocycles. The molecule has 1 aromatic carbocycles. The molecule has 4 rings (SSSR count). The van der Waals surface area contributed by atoms with Crippen molar-refractivity contribution in [3.05, 3.63) is 53.6 Å². The quantitative estimate of drug-likeness (QED) is 0.584. The van der Waals surface area contributed by atoms with Crippen LogP contribution < -0.4 is 4.90 Å². The summed E-state index contributed by atoms with van der Waals surface area (Å²) in [6.45, 7) is 3.27.